The Morgan fingerprint density at radius 1 is 1.08 bits per heavy atom. The number of aromatic nitrogens is 1. The van der Waals surface area contributed by atoms with Crippen LogP contribution >= 0.6 is 0 Å². The van der Waals surface area contributed by atoms with Crippen LogP contribution < -0.4 is 5.32 Å². The van der Waals surface area contributed by atoms with Crippen molar-refractivity contribution in [1.82, 2.24) is 9.88 Å². The molecule has 2 aromatic rings. The molecule has 1 aliphatic rings. The number of nitrogens with one attached hydrogen (secondary N) is 1. The van der Waals surface area contributed by atoms with Gasteiger partial charge >= 0.3 is 0 Å². The van der Waals surface area contributed by atoms with E-state index in [0.717, 1.165) is 25.9 Å². The zero-order valence-corrected chi connectivity index (χ0v) is 13.7. The summed E-state index contributed by atoms with van der Waals surface area (Å²) in [4.78, 5) is 30.6. The molecule has 0 bridgehead atoms. The Hall–Kier alpha value is -2.69. The molecule has 0 saturated carbocycles. The Kier molecular flexibility index (Phi) is 4.89. The van der Waals surface area contributed by atoms with Crippen molar-refractivity contribution in [1.29, 1.82) is 0 Å². The van der Waals surface area contributed by atoms with Crippen LogP contribution in [0.3, 0.4) is 0 Å². The van der Waals surface area contributed by atoms with Gasteiger partial charge < -0.3 is 10.2 Å². The Morgan fingerprint density at radius 3 is 2.50 bits per heavy atom. The minimum absolute atomic E-state index is 0.0295. The Labute approximate surface area is 141 Å². The first-order chi connectivity index (χ1) is 11.6. The highest BCUT2D eigenvalue weighted by Gasteiger charge is 2.21. The van der Waals surface area contributed by atoms with Crippen molar-refractivity contribution in [2.75, 3.05) is 18.4 Å². The predicted octanol–water partition coefficient (Wildman–Crippen LogP) is 3.21. The molecule has 1 fully saturated rings. The van der Waals surface area contributed by atoms with Crippen molar-refractivity contribution in [3.05, 3.63) is 59.9 Å². The van der Waals surface area contributed by atoms with Crippen LogP contribution in [-0.4, -0.2) is 34.8 Å². The maximum atomic E-state index is 12.6. The van der Waals surface area contributed by atoms with Gasteiger partial charge in [-0.15, -0.1) is 0 Å². The molecule has 1 aliphatic heterocycles. The first-order valence-corrected chi connectivity index (χ1v) is 8.24. The molecule has 0 unspecified atom stereocenters. The van der Waals surface area contributed by atoms with E-state index < -0.39 is 0 Å². The highest BCUT2D eigenvalue weighted by molar-refractivity contribution is 6.05. The summed E-state index contributed by atoms with van der Waals surface area (Å²) < 4.78 is 0. The van der Waals surface area contributed by atoms with Gasteiger partial charge in [0.25, 0.3) is 11.8 Å². The predicted molar refractivity (Wildman–Crippen MR) is 92.9 cm³/mol. The van der Waals surface area contributed by atoms with Crippen molar-refractivity contribution in [2.45, 2.75) is 19.8 Å². The van der Waals surface area contributed by atoms with Crippen LogP contribution in [0.15, 0.2) is 48.8 Å². The number of hydrogen-bond acceptors (Lipinski definition) is 3. The molecule has 24 heavy (non-hydrogen) atoms. The van der Waals surface area contributed by atoms with E-state index in [2.05, 4.69) is 17.2 Å². The third kappa shape index (κ3) is 3.79. The summed E-state index contributed by atoms with van der Waals surface area (Å²) in [5.74, 6) is 0.496. The number of likely N-dealkylation sites (tertiary alicyclic amines) is 1. The van der Waals surface area contributed by atoms with Crippen LogP contribution in [-0.2, 0) is 0 Å². The quantitative estimate of drug-likeness (QED) is 0.943. The molecule has 0 spiro atoms. The van der Waals surface area contributed by atoms with E-state index in [0.29, 0.717) is 22.7 Å². The lowest BCUT2D eigenvalue weighted by atomic mass is 9.98. The van der Waals surface area contributed by atoms with Crippen LogP contribution in [0.2, 0.25) is 0 Å². The molecule has 124 valence electrons. The van der Waals surface area contributed by atoms with Gasteiger partial charge in [-0.2, -0.15) is 0 Å². The molecule has 1 aromatic heterocycles. The highest BCUT2D eigenvalue weighted by Crippen LogP contribution is 2.20. The van der Waals surface area contributed by atoms with Crippen LogP contribution in [0.25, 0.3) is 0 Å². The Morgan fingerprint density at radius 2 is 1.79 bits per heavy atom. The second-order valence-electron chi connectivity index (χ2n) is 6.25. The van der Waals surface area contributed by atoms with Gasteiger partial charge in [-0.25, -0.2) is 0 Å². The van der Waals surface area contributed by atoms with E-state index in [1.807, 2.05) is 4.90 Å². The monoisotopic (exact) mass is 323 g/mol. The fourth-order valence-electron chi connectivity index (χ4n) is 2.83. The second-order valence-corrected chi connectivity index (χ2v) is 6.25. The number of pyridine rings is 1. The van der Waals surface area contributed by atoms with Crippen LogP contribution in [0.4, 0.5) is 5.69 Å². The summed E-state index contributed by atoms with van der Waals surface area (Å²) in [6.45, 7) is 3.82. The molecular weight excluding hydrogens is 302 g/mol. The first kappa shape index (κ1) is 16.2. The van der Waals surface area contributed by atoms with E-state index in [4.69, 9.17) is 0 Å². The zero-order valence-electron chi connectivity index (χ0n) is 13.7. The SMILES string of the molecule is CC1CCN(C(=O)c2cccc(NC(=O)c3ccncc3)c2)CC1. The van der Waals surface area contributed by atoms with E-state index >= 15 is 0 Å². The molecule has 5 nitrogen and oxygen atoms in total. The molecule has 0 atom stereocenters. The van der Waals surface area contributed by atoms with Gasteiger partial charge in [0.2, 0.25) is 0 Å². The number of carbonyl (C=O) groups is 2. The number of rotatable bonds is 3. The van der Waals surface area contributed by atoms with E-state index in [9.17, 15) is 9.59 Å². The molecule has 0 radical (unpaired) electrons. The van der Waals surface area contributed by atoms with Crippen molar-refractivity contribution in [2.24, 2.45) is 5.92 Å². The van der Waals surface area contributed by atoms with Gasteiger partial charge in [0.15, 0.2) is 0 Å². The highest BCUT2D eigenvalue weighted by atomic mass is 16.2. The first-order valence-electron chi connectivity index (χ1n) is 8.24. The lowest BCUT2D eigenvalue weighted by Gasteiger charge is -2.30. The number of hydrogen-bond donors (Lipinski definition) is 1. The molecular formula is C19H21N3O2. The standard InChI is InChI=1S/C19H21N3O2/c1-14-7-11-22(12-8-14)19(24)16-3-2-4-17(13-16)21-18(23)15-5-9-20-10-6-15/h2-6,9-10,13-14H,7-8,11-12H2,1H3,(H,21,23). The molecule has 3 rings (SSSR count). The maximum Gasteiger partial charge on any atom is 0.255 e. The number of nitrogens with zero attached hydrogens (tertiary/aromatic N) is 2. The smallest absolute Gasteiger partial charge is 0.255 e. The molecule has 2 heterocycles. The molecule has 5 heteroatoms. The summed E-state index contributed by atoms with van der Waals surface area (Å²) in [5.41, 5.74) is 1.76. The molecule has 1 N–H and O–H groups in total. The van der Waals surface area contributed by atoms with Crippen LogP contribution in [0.1, 0.15) is 40.5 Å². The summed E-state index contributed by atoms with van der Waals surface area (Å²) in [6.07, 6.45) is 5.24. The maximum absolute atomic E-state index is 12.6. The van der Waals surface area contributed by atoms with Gasteiger partial charge in [-0.3, -0.25) is 14.6 Å². The Balaban J connectivity index is 1.70. The van der Waals surface area contributed by atoms with Gasteiger partial charge in [0, 0.05) is 42.3 Å². The summed E-state index contributed by atoms with van der Waals surface area (Å²) in [7, 11) is 0. The molecule has 2 amide bonds. The second kappa shape index (κ2) is 7.25. The van der Waals surface area contributed by atoms with Crippen LogP contribution in [0, 0.1) is 5.92 Å². The van der Waals surface area contributed by atoms with Crippen LogP contribution in [0.5, 0.6) is 0 Å². The lowest BCUT2D eigenvalue weighted by molar-refractivity contribution is 0.0697. The van der Waals surface area contributed by atoms with E-state index in [1.165, 1.54) is 0 Å². The third-order valence-electron chi connectivity index (χ3n) is 4.38. The van der Waals surface area contributed by atoms with Gasteiger partial charge in [-0.1, -0.05) is 13.0 Å². The summed E-state index contributed by atoms with van der Waals surface area (Å²) in [5, 5.41) is 2.83. The average Bonchev–Trinajstić information content (AvgIpc) is 2.63. The minimum atomic E-state index is -0.214. The average molecular weight is 323 g/mol. The van der Waals surface area contributed by atoms with Gasteiger partial charge in [0.05, 0.1) is 0 Å². The number of amides is 2. The molecule has 1 aromatic carbocycles. The zero-order chi connectivity index (χ0) is 16.9. The van der Waals surface area contributed by atoms with Gasteiger partial charge in [0.1, 0.15) is 0 Å². The van der Waals surface area contributed by atoms with Gasteiger partial charge in [-0.05, 0) is 49.1 Å². The van der Waals surface area contributed by atoms with Crippen molar-refractivity contribution in [3.8, 4) is 0 Å². The third-order valence-corrected chi connectivity index (χ3v) is 4.38. The fraction of sp³-hybridized carbons (Fsp3) is 0.316. The Bertz CT molecular complexity index is 722. The normalized spacial score (nSPS) is 15.1. The summed E-state index contributed by atoms with van der Waals surface area (Å²) >= 11 is 0. The molecule has 1 saturated heterocycles. The lowest BCUT2D eigenvalue weighted by Crippen LogP contribution is -2.37. The minimum Gasteiger partial charge on any atom is -0.339 e. The number of carbonyl (C=O) groups excluding carboxylic acids is 2. The number of benzene rings is 1. The fourth-order valence-corrected chi connectivity index (χ4v) is 2.83. The van der Waals surface area contributed by atoms with Crippen molar-refractivity contribution in [3.63, 3.8) is 0 Å². The topological polar surface area (TPSA) is 62.3 Å². The number of anilines is 1. The number of piperidine rings is 1. The van der Waals surface area contributed by atoms with E-state index in [-0.39, 0.29) is 11.8 Å². The largest absolute Gasteiger partial charge is 0.339 e. The van der Waals surface area contributed by atoms with Crippen molar-refractivity contribution < 1.29 is 9.59 Å². The summed E-state index contributed by atoms with van der Waals surface area (Å²) in [6, 6.07) is 10.4. The van der Waals surface area contributed by atoms with E-state index in [1.54, 1.807) is 48.8 Å². The molecule has 0 aliphatic carbocycles. The van der Waals surface area contributed by atoms with Crippen molar-refractivity contribution >= 4 is 17.5 Å².